The Hall–Kier alpha value is -2.41. The van der Waals surface area contributed by atoms with Crippen molar-refractivity contribution < 1.29 is 9.59 Å². The van der Waals surface area contributed by atoms with E-state index in [-0.39, 0.29) is 23.9 Å². The second-order valence-corrected chi connectivity index (χ2v) is 6.96. The molecule has 0 bridgehead atoms. The SMILES string of the molecule is CCN(CC)CC(=O)CC(=O)C1CCN(c2ccnc3nccnc23)CC1. The van der Waals surface area contributed by atoms with Crippen molar-refractivity contribution in [2.45, 2.75) is 33.1 Å². The second-order valence-electron chi connectivity index (χ2n) is 6.96. The number of piperidine rings is 1. The van der Waals surface area contributed by atoms with E-state index in [4.69, 9.17) is 0 Å². The van der Waals surface area contributed by atoms with Crippen molar-refractivity contribution >= 4 is 28.4 Å². The van der Waals surface area contributed by atoms with Crippen molar-refractivity contribution in [1.82, 2.24) is 19.9 Å². The van der Waals surface area contributed by atoms with Crippen molar-refractivity contribution in [3.05, 3.63) is 24.7 Å². The average molecular weight is 369 g/mol. The Kier molecular flexibility index (Phi) is 6.45. The molecule has 0 radical (unpaired) electrons. The number of hydrogen-bond acceptors (Lipinski definition) is 7. The van der Waals surface area contributed by atoms with Crippen molar-refractivity contribution in [1.29, 1.82) is 0 Å². The van der Waals surface area contributed by atoms with Crippen LogP contribution in [0.4, 0.5) is 5.69 Å². The first-order valence-corrected chi connectivity index (χ1v) is 9.69. The van der Waals surface area contributed by atoms with Gasteiger partial charge in [0.2, 0.25) is 0 Å². The van der Waals surface area contributed by atoms with Crippen LogP contribution in [0.5, 0.6) is 0 Å². The van der Waals surface area contributed by atoms with Gasteiger partial charge < -0.3 is 4.90 Å². The van der Waals surface area contributed by atoms with E-state index in [0.717, 1.165) is 50.2 Å². The van der Waals surface area contributed by atoms with Crippen LogP contribution in [-0.2, 0) is 9.59 Å². The van der Waals surface area contributed by atoms with Gasteiger partial charge in [0.1, 0.15) is 11.3 Å². The van der Waals surface area contributed by atoms with Crippen molar-refractivity contribution in [2.75, 3.05) is 37.6 Å². The van der Waals surface area contributed by atoms with Crippen LogP contribution in [0.25, 0.3) is 11.2 Å². The molecule has 7 heteroatoms. The van der Waals surface area contributed by atoms with Gasteiger partial charge in [-0.2, -0.15) is 0 Å². The van der Waals surface area contributed by atoms with E-state index in [9.17, 15) is 9.59 Å². The third-order valence-electron chi connectivity index (χ3n) is 5.31. The number of likely N-dealkylation sites (N-methyl/N-ethyl adjacent to an activating group) is 1. The van der Waals surface area contributed by atoms with E-state index >= 15 is 0 Å². The van der Waals surface area contributed by atoms with Crippen LogP contribution >= 0.6 is 0 Å². The van der Waals surface area contributed by atoms with Gasteiger partial charge in [-0.15, -0.1) is 0 Å². The van der Waals surface area contributed by atoms with Gasteiger partial charge in [0.25, 0.3) is 0 Å². The zero-order valence-electron chi connectivity index (χ0n) is 16.1. The van der Waals surface area contributed by atoms with Crippen LogP contribution in [0.1, 0.15) is 33.1 Å². The zero-order valence-corrected chi connectivity index (χ0v) is 16.1. The topological polar surface area (TPSA) is 79.3 Å². The molecule has 1 fully saturated rings. The zero-order chi connectivity index (χ0) is 19.2. The number of fused-ring (bicyclic) bond motifs is 1. The Labute approximate surface area is 159 Å². The molecule has 2 aromatic heterocycles. The summed E-state index contributed by atoms with van der Waals surface area (Å²) < 4.78 is 0. The molecular weight excluding hydrogens is 342 g/mol. The summed E-state index contributed by atoms with van der Waals surface area (Å²) in [5.74, 6) is 0.0915. The number of rotatable bonds is 8. The Balaban J connectivity index is 1.57. The quantitative estimate of drug-likeness (QED) is 0.659. The minimum absolute atomic E-state index is 0.0268. The third-order valence-corrected chi connectivity index (χ3v) is 5.31. The molecule has 0 aromatic carbocycles. The van der Waals surface area contributed by atoms with Crippen LogP contribution in [0.2, 0.25) is 0 Å². The molecule has 3 rings (SSSR count). The fraction of sp³-hybridized carbons (Fsp3) is 0.550. The predicted molar refractivity (Wildman–Crippen MR) is 105 cm³/mol. The molecule has 1 aliphatic heterocycles. The molecule has 0 amide bonds. The van der Waals surface area contributed by atoms with Crippen molar-refractivity contribution in [3.8, 4) is 0 Å². The van der Waals surface area contributed by atoms with E-state index in [2.05, 4.69) is 19.9 Å². The monoisotopic (exact) mass is 369 g/mol. The number of anilines is 1. The number of hydrogen-bond donors (Lipinski definition) is 0. The number of ketones is 2. The molecule has 27 heavy (non-hydrogen) atoms. The summed E-state index contributed by atoms with van der Waals surface area (Å²) in [5.41, 5.74) is 2.44. The molecule has 0 N–H and O–H groups in total. The summed E-state index contributed by atoms with van der Waals surface area (Å²) in [6.45, 7) is 7.64. The molecule has 0 atom stereocenters. The first kappa shape index (κ1) is 19.4. The lowest BCUT2D eigenvalue weighted by Crippen LogP contribution is -2.38. The Morgan fingerprint density at radius 2 is 1.74 bits per heavy atom. The maximum absolute atomic E-state index is 12.5. The van der Waals surface area contributed by atoms with E-state index < -0.39 is 0 Å². The van der Waals surface area contributed by atoms with Crippen LogP contribution < -0.4 is 4.90 Å². The average Bonchev–Trinajstić information content (AvgIpc) is 2.71. The van der Waals surface area contributed by atoms with Gasteiger partial charge in [-0.05, 0) is 32.0 Å². The number of carbonyl (C=O) groups is 2. The molecule has 0 spiro atoms. The molecule has 0 unspecified atom stereocenters. The number of Topliss-reactive ketones (excluding diaryl/α,β-unsaturated/α-hetero) is 2. The minimum Gasteiger partial charge on any atom is -0.370 e. The van der Waals surface area contributed by atoms with Gasteiger partial charge in [-0.25, -0.2) is 15.0 Å². The number of nitrogens with zero attached hydrogens (tertiary/aromatic N) is 5. The highest BCUT2D eigenvalue weighted by molar-refractivity contribution is 6.01. The fourth-order valence-electron chi connectivity index (χ4n) is 3.65. The smallest absolute Gasteiger partial charge is 0.180 e. The summed E-state index contributed by atoms with van der Waals surface area (Å²) in [4.78, 5) is 41.9. The molecule has 0 aliphatic carbocycles. The van der Waals surface area contributed by atoms with Crippen molar-refractivity contribution in [2.24, 2.45) is 5.92 Å². The summed E-state index contributed by atoms with van der Waals surface area (Å²) in [5, 5.41) is 0. The van der Waals surface area contributed by atoms with Gasteiger partial charge in [-0.1, -0.05) is 13.8 Å². The Morgan fingerprint density at radius 3 is 2.44 bits per heavy atom. The van der Waals surface area contributed by atoms with E-state index in [1.807, 2.05) is 24.8 Å². The summed E-state index contributed by atoms with van der Waals surface area (Å²) in [6.07, 6.45) is 6.65. The lowest BCUT2D eigenvalue weighted by molar-refractivity contribution is -0.130. The number of pyridine rings is 1. The van der Waals surface area contributed by atoms with Crippen molar-refractivity contribution in [3.63, 3.8) is 0 Å². The standard InChI is InChI=1S/C20H27N5O2/c1-3-24(4-2)14-16(26)13-18(27)15-6-11-25(12-7-15)17-5-8-22-20-19(17)21-9-10-23-20/h5,8-10,15H,3-4,6-7,11-14H2,1-2H3. The largest absolute Gasteiger partial charge is 0.370 e. The van der Waals surface area contributed by atoms with E-state index in [0.29, 0.717) is 12.2 Å². The highest BCUT2D eigenvalue weighted by Gasteiger charge is 2.27. The van der Waals surface area contributed by atoms with Gasteiger partial charge in [-0.3, -0.25) is 14.5 Å². The molecule has 1 aliphatic rings. The number of carbonyl (C=O) groups excluding carboxylic acids is 2. The molecule has 1 saturated heterocycles. The Morgan fingerprint density at radius 1 is 1.07 bits per heavy atom. The Bertz CT molecular complexity index is 793. The van der Waals surface area contributed by atoms with Crippen LogP contribution in [0.3, 0.4) is 0 Å². The predicted octanol–water partition coefficient (Wildman–Crippen LogP) is 2.11. The van der Waals surface area contributed by atoms with Crippen LogP contribution in [0, 0.1) is 5.92 Å². The third kappa shape index (κ3) is 4.66. The molecule has 0 saturated carbocycles. The molecule has 7 nitrogen and oxygen atoms in total. The first-order chi connectivity index (χ1) is 13.1. The number of aromatic nitrogens is 3. The maximum atomic E-state index is 12.5. The molecule has 144 valence electrons. The summed E-state index contributed by atoms with van der Waals surface area (Å²) >= 11 is 0. The molecule has 2 aromatic rings. The molecule has 3 heterocycles. The van der Waals surface area contributed by atoms with E-state index in [1.165, 1.54) is 0 Å². The second kappa shape index (κ2) is 8.99. The maximum Gasteiger partial charge on any atom is 0.180 e. The highest BCUT2D eigenvalue weighted by Crippen LogP contribution is 2.28. The first-order valence-electron chi connectivity index (χ1n) is 9.69. The molecular formula is C20H27N5O2. The van der Waals surface area contributed by atoms with Gasteiger partial charge in [0, 0.05) is 37.6 Å². The van der Waals surface area contributed by atoms with E-state index in [1.54, 1.807) is 18.6 Å². The minimum atomic E-state index is -0.0268. The normalized spacial score (nSPS) is 15.4. The highest BCUT2D eigenvalue weighted by atomic mass is 16.1. The fourth-order valence-corrected chi connectivity index (χ4v) is 3.65. The van der Waals surface area contributed by atoms with Gasteiger partial charge in [0.15, 0.2) is 11.4 Å². The summed E-state index contributed by atoms with van der Waals surface area (Å²) in [7, 11) is 0. The lowest BCUT2D eigenvalue weighted by atomic mass is 9.89. The lowest BCUT2D eigenvalue weighted by Gasteiger charge is -2.33. The van der Waals surface area contributed by atoms with Gasteiger partial charge >= 0.3 is 0 Å². The van der Waals surface area contributed by atoms with Crippen LogP contribution in [0.15, 0.2) is 24.7 Å². The summed E-state index contributed by atoms with van der Waals surface area (Å²) in [6, 6.07) is 1.95. The van der Waals surface area contributed by atoms with Crippen LogP contribution in [-0.4, -0.2) is 64.1 Å². The van der Waals surface area contributed by atoms with Gasteiger partial charge in [0.05, 0.1) is 18.7 Å².